The molecule has 5 nitrogen and oxygen atoms in total. The van der Waals surface area contributed by atoms with Crippen molar-refractivity contribution in [1.29, 1.82) is 5.26 Å². The molecule has 0 amide bonds. The summed E-state index contributed by atoms with van der Waals surface area (Å²) in [4.78, 5) is 0. The second-order valence-corrected chi connectivity index (χ2v) is 9.19. The van der Waals surface area contributed by atoms with Crippen molar-refractivity contribution < 1.29 is 8.42 Å². The predicted octanol–water partition coefficient (Wildman–Crippen LogP) is 2.49. The summed E-state index contributed by atoms with van der Waals surface area (Å²) in [6.45, 7) is 7.53. The van der Waals surface area contributed by atoms with E-state index in [9.17, 15) is 8.42 Å². The highest BCUT2D eigenvalue weighted by atomic mass is 32.2. The predicted molar refractivity (Wildman–Crippen MR) is 95.8 cm³/mol. The number of rotatable bonds is 6. The quantitative estimate of drug-likeness (QED) is 0.856. The van der Waals surface area contributed by atoms with Gasteiger partial charge in [-0.1, -0.05) is 25.5 Å². The summed E-state index contributed by atoms with van der Waals surface area (Å²) in [5.41, 5.74) is 1.80. The molecule has 0 spiro atoms. The summed E-state index contributed by atoms with van der Waals surface area (Å²) in [7, 11) is -3.17. The Labute approximate surface area is 145 Å². The van der Waals surface area contributed by atoms with E-state index in [0.29, 0.717) is 30.6 Å². The molecule has 132 valence electrons. The van der Waals surface area contributed by atoms with Crippen LogP contribution < -0.4 is 5.32 Å². The van der Waals surface area contributed by atoms with Gasteiger partial charge in [0.05, 0.1) is 16.9 Å². The first-order chi connectivity index (χ1) is 11.4. The van der Waals surface area contributed by atoms with Crippen molar-refractivity contribution in [3.8, 4) is 6.07 Å². The van der Waals surface area contributed by atoms with Gasteiger partial charge in [-0.2, -0.15) is 5.26 Å². The SMILES string of the molecule is CC[C@@H]1CN(S(=O)(=O)C(C)C)CC[C@@H]1NCc1ccc(C#N)cc1. The highest BCUT2D eigenvalue weighted by Crippen LogP contribution is 2.24. The van der Waals surface area contributed by atoms with Gasteiger partial charge in [-0.25, -0.2) is 12.7 Å². The second-order valence-electron chi connectivity index (χ2n) is 6.70. The first-order valence-corrected chi connectivity index (χ1v) is 10.1. The van der Waals surface area contributed by atoms with Gasteiger partial charge in [-0.15, -0.1) is 0 Å². The molecule has 0 aliphatic carbocycles. The minimum absolute atomic E-state index is 0.323. The molecule has 1 aromatic carbocycles. The lowest BCUT2D eigenvalue weighted by atomic mass is 9.91. The lowest BCUT2D eigenvalue weighted by Gasteiger charge is -2.38. The van der Waals surface area contributed by atoms with E-state index < -0.39 is 10.0 Å². The Morgan fingerprint density at radius 2 is 2.00 bits per heavy atom. The fraction of sp³-hybridized carbons (Fsp3) is 0.611. The molecule has 6 heteroatoms. The third-order valence-corrected chi connectivity index (χ3v) is 7.07. The summed E-state index contributed by atoms with van der Waals surface area (Å²) in [6.07, 6.45) is 1.79. The molecular weight excluding hydrogens is 322 g/mol. The van der Waals surface area contributed by atoms with Crippen molar-refractivity contribution >= 4 is 10.0 Å². The zero-order valence-corrected chi connectivity index (χ0v) is 15.5. The molecule has 2 atom stereocenters. The summed E-state index contributed by atoms with van der Waals surface area (Å²) >= 11 is 0. The van der Waals surface area contributed by atoms with Crippen molar-refractivity contribution in [1.82, 2.24) is 9.62 Å². The van der Waals surface area contributed by atoms with Crippen molar-refractivity contribution in [2.24, 2.45) is 5.92 Å². The van der Waals surface area contributed by atoms with Crippen LogP contribution >= 0.6 is 0 Å². The van der Waals surface area contributed by atoms with E-state index in [1.165, 1.54) is 0 Å². The lowest BCUT2D eigenvalue weighted by Crippen LogP contribution is -2.51. The largest absolute Gasteiger partial charge is 0.310 e. The minimum Gasteiger partial charge on any atom is -0.310 e. The molecule has 0 aromatic heterocycles. The minimum atomic E-state index is -3.17. The Hall–Kier alpha value is -1.42. The molecule has 1 aliphatic heterocycles. The van der Waals surface area contributed by atoms with Gasteiger partial charge < -0.3 is 5.32 Å². The average molecular weight is 350 g/mol. The van der Waals surface area contributed by atoms with E-state index in [0.717, 1.165) is 24.9 Å². The zero-order chi connectivity index (χ0) is 17.7. The number of benzene rings is 1. The molecule has 0 saturated carbocycles. The van der Waals surface area contributed by atoms with E-state index >= 15 is 0 Å². The fourth-order valence-electron chi connectivity index (χ4n) is 3.16. The van der Waals surface area contributed by atoms with Gasteiger partial charge in [0.15, 0.2) is 0 Å². The van der Waals surface area contributed by atoms with Crippen LogP contribution in [0.3, 0.4) is 0 Å². The van der Waals surface area contributed by atoms with Crippen molar-refractivity contribution in [3.63, 3.8) is 0 Å². The fourth-order valence-corrected chi connectivity index (χ4v) is 4.51. The number of sulfonamides is 1. The Balaban J connectivity index is 1.96. The molecule has 0 unspecified atom stereocenters. The van der Waals surface area contributed by atoms with Gasteiger partial charge in [0.2, 0.25) is 10.0 Å². The van der Waals surface area contributed by atoms with Gasteiger partial charge in [0.1, 0.15) is 0 Å². The van der Waals surface area contributed by atoms with E-state index in [1.54, 1.807) is 18.2 Å². The summed E-state index contributed by atoms with van der Waals surface area (Å²) in [5, 5.41) is 12.0. The average Bonchev–Trinajstić information content (AvgIpc) is 2.60. The summed E-state index contributed by atoms with van der Waals surface area (Å²) < 4.78 is 26.4. The Morgan fingerprint density at radius 3 is 2.54 bits per heavy atom. The van der Waals surface area contributed by atoms with Gasteiger partial charge in [0, 0.05) is 25.7 Å². The maximum Gasteiger partial charge on any atom is 0.216 e. The van der Waals surface area contributed by atoms with Crippen LogP contribution in [0, 0.1) is 17.2 Å². The maximum absolute atomic E-state index is 12.4. The second kappa shape index (κ2) is 8.11. The molecule has 1 N–H and O–H groups in total. The number of nitriles is 1. The monoisotopic (exact) mass is 349 g/mol. The smallest absolute Gasteiger partial charge is 0.216 e. The number of nitrogens with one attached hydrogen (secondary N) is 1. The third-order valence-electron chi connectivity index (χ3n) is 4.83. The number of hydrogen-bond donors (Lipinski definition) is 1. The van der Waals surface area contributed by atoms with Crippen LogP contribution in [0.4, 0.5) is 0 Å². The molecule has 0 bridgehead atoms. The normalized spacial score (nSPS) is 22.5. The van der Waals surface area contributed by atoms with E-state index in [2.05, 4.69) is 18.3 Å². The van der Waals surface area contributed by atoms with Crippen molar-refractivity contribution in [3.05, 3.63) is 35.4 Å². The van der Waals surface area contributed by atoms with Crippen LogP contribution in [0.25, 0.3) is 0 Å². The van der Waals surface area contributed by atoms with Crippen LogP contribution in [0.15, 0.2) is 24.3 Å². The van der Waals surface area contributed by atoms with Crippen LogP contribution in [-0.2, 0) is 16.6 Å². The molecule has 1 aliphatic rings. The van der Waals surface area contributed by atoms with Crippen molar-refractivity contribution in [2.45, 2.75) is 51.4 Å². The van der Waals surface area contributed by atoms with Crippen LogP contribution in [0.1, 0.15) is 44.7 Å². The molecule has 1 aromatic rings. The standard InChI is InChI=1S/C18H27N3O2S/c1-4-17-13-21(24(22,23)14(2)3)10-9-18(17)20-12-16-7-5-15(11-19)6-8-16/h5-8,14,17-18,20H,4,9-10,12-13H2,1-3H3/t17-,18+/m1/s1. The van der Waals surface area contributed by atoms with E-state index in [4.69, 9.17) is 5.26 Å². The number of hydrogen-bond acceptors (Lipinski definition) is 4. The summed E-state index contributed by atoms with van der Waals surface area (Å²) in [6, 6.07) is 10.0. The highest BCUT2D eigenvalue weighted by molar-refractivity contribution is 7.89. The molecule has 1 fully saturated rings. The van der Waals surface area contributed by atoms with E-state index in [-0.39, 0.29) is 5.25 Å². The molecule has 0 radical (unpaired) electrons. The van der Waals surface area contributed by atoms with Crippen LogP contribution in [0.5, 0.6) is 0 Å². The lowest BCUT2D eigenvalue weighted by molar-refractivity contribution is 0.200. The Bertz CT molecular complexity index is 677. The molecular formula is C18H27N3O2S. The van der Waals surface area contributed by atoms with Gasteiger partial charge in [0.25, 0.3) is 0 Å². The van der Waals surface area contributed by atoms with E-state index in [1.807, 2.05) is 24.3 Å². The molecule has 2 rings (SSSR count). The highest BCUT2D eigenvalue weighted by Gasteiger charge is 2.34. The maximum atomic E-state index is 12.4. The first-order valence-electron chi connectivity index (χ1n) is 8.59. The Morgan fingerprint density at radius 1 is 1.33 bits per heavy atom. The number of nitrogens with zero attached hydrogens (tertiary/aromatic N) is 2. The zero-order valence-electron chi connectivity index (χ0n) is 14.7. The van der Waals surface area contributed by atoms with Crippen LogP contribution in [-0.4, -0.2) is 37.1 Å². The van der Waals surface area contributed by atoms with Crippen LogP contribution in [0.2, 0.25) is 0 Å². The van der Waals surface area contributed by atoms with Gasteiger partial charge >= 0.3 is 0 Å². The Kier molecular flexibility index (Phi) is 6.39. The molecule has 24 heavy (non-hydrogen) atoms. The van der Waals surface area contributed by atoms with Gasteiger partial charge in [-0.05, 0) is 43.9 Å². The summed E-state index contributed by atoms with van der Waals surface area (Å²) in [5.74, 6) is 0.325. The van der Waals surface area contributed by atoms with Crippen molar-refractivity contribution in [2.75, 3.05) is 13.1 Å². The number of piperidine rings is 1. The molecule has 1 saturated heterocycles. The topological polar surface area (TPSA) is 73.2 Å². The van der Waals surface area contributed by atoms with Gasteiger partial charge in [-0.3, -0.25) is 0 Å². The first kappa shape index (κ1) is 18.9. The molecule has 1 heterocycles. The third kappa shape index (κ3) is 4.35.